The first-order chi connectivity index (χ1) is 13.3. The number of pyridine rings is 1. The Morgan fingerprint density at radius 1 is 1.04 bits per heavy atom. The van der Waals surface area contributed by atoms with E-state index in [0.717, 1.165) is 10.9 Å². The molecule has 0 amide bonds. The van der Waals surface area contributed by atoms with E-state index in [9.17, 15) is 0 Å². The third-order valence-electron chi connectivity index (χ3n) is 4.35. The van der Waals surface area contributed by atoms with E-state index in [-0.39, 0.29) is 17.7 Å². The lowest BCUT2D eigenvalue weighted by Crippen LogP contribution is -2.07. The Kier molecular flexibility index (Phi) is 5.71. The quantitative estimate of drug-likeness (QED) is 0.597. The largest absolute Gasteiger partial charge is 0.491 e. The van der Waals surface area contributed by atoms with Crippen LogP contribution in [-0.4, -0.2) is 40.8 Å². The van der Waals surface area contributed by atoms with Crippen molar-refractivity contribution < 1.29 is 14.2 Å². The lowest BCUT2D eigenvalue weighted by atomic mass is 10.1. The van der Waals surface area contributed by atoms with Gasteiger partial charge < -0.3 is 24.5 Å². The maximum absolute atomic E-state index is 6.53. The first kappa shape index (κ1) is 20.3. The SMILES string of the molecule is COc1nc(Cn2cc(C(C)C)c3c(Cl)nc(N)nc32)c(Cl)c(OC)c1OC. The molecule has 0 saturated carbocycles. The molecule has 8 nitrogen and oxygen atoms in total. The first-order valence-electron chi connectivity index (χ1n) is 8.48. The summed E-state index contributed by atoms with van der Waals surface area (Å²) < 4.78 is 17.9. The van der Waals surface area contributed by atoms with Crippen molar-refractivity contribution in [2.75, 3.05) is 27.1 Å². The van der Waals surface area contributed by atoms with Crippen LogP contribution >= 0.6 is 23.2 Å². The van der Waals surface area contributed by atoms with Gasteiger partial charge in [-0.25, -0.2) is 9.97 Å². The molecule has 3 aromatic rings. The topological polar surface area (TPSA) is 97.3 Å². The second kappa shape index (κ2) is 7.89. The standard InChI is InChI=1S/C18H21Cl2N5O3/c1-8(2)9-6-25(16-11(9)15(20)23-18(21)24-16)7-10-12(19)13(26-3)14(27-4)17(22-10)28-5/h6,8H,7H2,1-5H3,(H2,21,23,24). The van der Waals surface area contributed by atoms with Gasteiger partial charge in [0.05, 0.1) is 39.0 Å². The molecule has 0 unspecified atom stereocenters. The number of hydrogen-bond donors (Lipinski definition) is 1. The van der Waals surface area contributed by atoms with Crippen LogP contribution in [0.15, 0.2) is 6.20 Å². The highest BCUT2D eigenvalue weighted by Gasteiger charge is 2.23. The summed E-state index contributed by atoms with van der Waals surface area (Å²) >= 11 is 12.9. The molecule has 0 bridgehead atoms. The van der Waals surface area contributed by atoms with E-state index in [1.165, 1.54) is 21.3 Å². The minimum absolute atomic E-state index is 0.0936. The molecule has 0 fully saturated rings. The number of nitrogens with two attached hydrogens (primary N) is 1. The summed E-state index contributed by atoms with van der Waals surface area (Å²) in [5.74, 6) is 1.24. The molecule has 150 valence electrons. The molecule has 3 rings (SSSR count). The van der Waals surface area contributed by atoms with Gasteiger partial charge in [0.1, 0.15) is 15.8 Å². The van der Waals surface area contributed by atoms with Crippen LogP contribution < -0.4 is 19.9 Å². The second-order valence-corrected chi connectivity index (χ2v) is 7.12. The Labute approximate surface area is 172 Å². The molecule has 28 heavy (non-hydrogen) atoms. The molecule has 10 heteroatoms. The van der Waals surface area contributed by atoms with Gasteiger partial charge in [-0.15, -0.1) is 0 Å². The van der Waals surface area contributed by atoms with Crippen molar-refractivity contribution in [1.29, 1.82) is 0 Å². The van der Waals surface area contributed by atoms with Gasteiger partial charge in [0.25, 0.3) is 5.88 Å². The van der Waals surface area contributed by atoms with E-state index in [4.69, 9.17) is 43.1 Å². The van der Waals surface area contributed by atoms with Gasteiger partial charge in [-0.05, 0) is 11.5 Å². The average Bonchev–Trinajstić information content (AvgIpc) is 3.01. The highest BCUT2D eigenvalue weighted by Crippen LogP contribution is 2.43. The van der Waals surface area contributed by atoms with Crippen LogP contribution in [0.4, 0.5) is 5.95 Å². The summed E-state index contributed by atoms with van der Waals surface area (Å²) in [5.41, 5.74) is 7.95. The molecule has 3 aromatic heterocycles. The number of rotatable bonds is 6. The maximum atomic E-state index is 6.53. The van der Waals surface area contributed by atoms with E-state index >= 15 is 0 Å². The van der Waals surface area contributed by atoms with Crippen LogP contribution in [0, 0.1) is 0 Å². The number of ether oxygens (including phenoxy) is 3. The number of nitrogens with zero attached hydrogens (tertiary/aromatic N) is 4. The van der Waals surface area contributed by atoms with Gasteiger partial charge in [0.2, 0.25) is 11.7 Å². The third kappa shape index (κ3) is 3.38. The number of methoxy groups -OCH3 is 3. The molecular weight excluding hydrogens is 405 g/mol. The lowest BCUT2D eigenvalue weighted by Gasteiger charge is -2.16. The fourth-order valence-electron chi connectivity index (χ4n) is 3.06. The molecule has 0 aliphatic rings. The molecule has 2 N–H and O–H groups in total. The van der Waals surface area contributed by atoms with Crippen molar-refractivity contribution >= 4 is 40.2 Å². The summed E-state index contributed by atoms with van der Waals surface area (Å²) in [7, 11) is 4.49. The fraction of sp³-hybridized carbons (Fsp3) is 0.389. The van der Waals surface area contributed by atoms with Crippen LogP contribution in [0.2, 0.25) is 10.2 Å². The molecular formula is C18H21Cl2N5O3. The molecule has 0 saturated heterocycles. The van der Waals surface area contributed by atoms with Gasteiger partial charge in [-0.2, -0.15) is 4.98 Å². The number of fused-ring (bicyclic) bond motifs is 1. The Morgan fingerprint density at radius 3 is 2.29 bits per heavy atom. The number of aromatic nitrogens is 4. The van der Waals surface area contributed by atoms with Gasteiger partial charge in [0.15, 0.2) is 5.75 Å². The normalized spacial score (nSPS) is 11.3. The van der Waals surface area contributed by atoms with Crippen molar-refractivity contribution in [2.45, 2.75) is 26.3 Å². The van der Waals surface area contributed by atoms with Crippen molar-refractivity contribution in [3.8, 4) is 17.4 Å². The zero-order valence-corrected chi connectivity index (χ0v) is 17.7. The van der Waals surface area contributed by atoms with Crippen LogP contribution in [-0.2, 0) is 6.54 Å². The van der Waals surface area contributed by atoms with Crippen LogP contribution in [0.5, 0.6) is 17.4 Å². The fourth-order valence-corrected chi connectivity index (χ4v) is 3.61. The minimum atomic E-state index is 0.0936. The van der Waals surface area contributed by atoms with Crippen LogP contribution in [0.1, 0.15) is 31.0 Å². The smallest absolute Gasteiger partial charge is 0.261 e. The van der Waals surface area contributed by atoms with Crippen molar-refractivity contribution in [3.05, 3.63) is 27.6 Å². The summed E-state index contributed by atoms with van der Waals surface area (Å²) in [4.78, 5) is 12.9. The zero-order chi connectivity index (χ0) is 20.6. The lowest BCUT2D eigenvalue weighted by molar-refractivity contribution is 0.314. The average molecular weight is 426 g/mol. The summed E-state index contributed by atoms with van der Waals surface area (Å²) in [6, 6.07) is 0. The Morgan fingerprint density at radius 2 is 1.71 bits per heavy atom. The molecule has 0 aromatic carbocycles. The van der Waals surface area contributed by atoms with Gasteiger partial charge >= 0.3 is 0 Å². The maximum Gasteiger partial charge on any atom is 0.261 e. The van der Waals surface area contributed by atoms with E-state index in [1.54, 1.807) is 0 Å². The van der Waals surface area contributed by atoms with Gasteiger partial charge in [0, 0.05) is 6.20 Å². The Bertz CT molecular complexity index is 1040. The summed E-state index contributed by atoms with van der Waals surface area (Å²) in [6.45, 7) is 4.43. The first-order valence-corrected chi connectivity index (χ1v) is 9.23. The molecule has 3 heterocycles. The predicted molar refractivity (Wildman–Crippen MR) is 109 cm³/mol. The van der Waals surface area contributed by atoms with Crippen LogP contribution in [0.3, 0.4) is 0 Å². The highest BCUT2D eigenvalue weighted by atomic mass is 35.5. The highest BCUT2D eigenvalue weighted by molar-refractivity contribution is 6.34. The number of hydrogen-bond acceptors (Lipinski definition) is 7. The van der Waals surface area contributed by atoms with Gasteiger partial charge in [-0.1, -0.05) is 37.0 Å². The van der Waals surface area contributed by atoms with E-state index in [0.29, 0.717) is 39.6 Å². The van der Waals surface area contributed by atoms with Gasteiger partial charge in [-0.3, -0.25) is 0 Å². The van der Waals surface area contributed by atoms with E-state index in [2.05, 4.69) is 28.8 Å². The van der Waals surface area contributed by atoms with E-state index in [1.807, 2.05) is 10.8 Å². The molecule has 0 spiro atoms. The molecule has 0 aliphatic heterocycles. The second-order valence-electron chi connectivity index (χ2n) is 6.39. The monoisotopic (exact) mass is 425 g/mol. The molecule has 0 aliphatic carbocycles. The Hall–Kier alpha value is -2.45. The minimum Gasteiger partial charge on any atom is -0.491 e. The van der Waals surface area contributed by atoms with Crippen molar-refractivity contribution in [2.24, 2.45) is 0 Å². The van der Waals surface area contributed by atoms with Crippen LogP contribution in [0.25, 0.3) is 11.0 Å². The molecule has 0 radical (unpaired) electrons. The third-order valence-corrected chi connectivity index (χ3v) is 5.02. The predicted octanol–water partition coefficient (Wildman–Crippen LogP) is 3.91. The van der Waals surface area contributed by atoms with Crippen molar-refractivity contribution in [1.82, 2.24) is 19.5 Å². The van der Waals surface area contributed by atoms with Crippen molar-refractivity contribution in [3.63, 3.8) is 0 Å². The van der Waals surface area contributed by atoms with E-state index < -0.39 is 0 Å². The summed E-state index contributed by atoms with van der Waals surface area (Å²) in [6.07, 6.45) is 1.95. The Balaban J connectivity index is 2.21. The number of nitrogen functional groups attached to an aromatic ring is 1. The zero-order valence-electron chi connectivity index (χ0n) is 16.2. The number of anilines is 1. The number of halogens is 2. The molecule has 0 atom stereocenters. The summed E-state index contributed by atoms with van der Waals surface area (Å²) in [5, 5.41) is 1.39.